The van der Waals surface area contributed by atoms with Gasteiger partial charge in [0.05, 0.1) is 12.8 Å². The molecule has 0 aromatic heterocycles. The average molecular weight is 546 g/mol. The van der Waals surface area contributed by atoms with Crippen LogP contribution in [0, 0.1) is 0 Å². The first-order chi connectivity index (χ1) is 18.6. The van der Waals surface area contributed by atoms with E-state index in [0.29, 0.717) is 18.6 Å². The second-order valence-electron chi connectivity index (χ2n) is 8.83. The number of carbonyl (C=O) groups is 1. The van der Waals surface area contributed by atoms with Crippen molar-refractivity contribution in [1.82, 2.24) is 0 Å². The van der Waals surface area contributed by atoms with E-state index >= 15 is 0 Å². The van der Waals surface area contributed by atoms with Gasteiger partial charge in [-0.2, -0.15) is 0 Å². The topological polar surface area (TPSA) is 68.1 Å². The summed E-state index contributed by atoms with van der Waals surface area (Å²) in [6, 6.07) is 27.8. The van der Waals surface area contributed by atoms with Gasteiger partial charge in [0.25, 0.3) is 0 Å². The van der Waals surface area contributed by atoms with Crippen LogP contribution in [0.2, 0.25) is 0 Å². The van der Waals surface area contributed by atoms with Gasteiger partial charge in [0, 0.05) is 28.1 Å². The van der Waals surface area contributed by atoms with Crippen molar-refractivity contribution in [1.29, 1.82) is 0 Å². The molecule has 4 rings (SSSR count). The Morgan fingerprint density at radius 2 is 1.63 bits per heavy atom. The van der Waals surface area contributed by atoms with Crippen molar-refractivity contribution in [3.8, 4) is 5.75 Å². The Bertz CT molecular complexity index is 1300. The van der Waals surface area contributed by atoms with Crippen LogP contribution in [0.25, 0.3) is 0 Å². The van der Waals surface area contributed by atoms with Crippen LogP contribution in [-0.2, 0) is 21.9 Å². The van der Waals surface area contributed by atoms with E-state index in [-0.39, 0.29) is 12.5 Å². The number of esters is 1. The van der Waals surface area contributed by atoms with Crippen molar-refractivity contribution in [2.24, 2.45) is 5.16 Å². The van der Waals surface area contributed by atoms with Crippen LogP contribution in [0.4, 0.5) is 0 Å². The third-order valence-corrected chi connectivity index (χ3v) is 8.71. The number of hydrogen-bond donors (Lipinski definition) is 1. The van der Waals surface area contributed by atoms with Crippen molar-refractivity contribution in [3.05, 3.63) is 123 Å². The molecule has 3 aromatic carbocycles. The molecule has 3 aromatic rings. The quantitative estimate of drug-likeness (QED) is 0.129. The largest absolute Gasteiger partial charge is 0.497 e. The summed E-state index contributed by atoms with van der Waals surface area (Å²) in [5.41, 5.74) is 5.43. The number of carbonyl (C=O) groups excluding carboxylic acids is 1. The van der Waals surface area contributed by atoms with Gasteiger partial charge in [0.15, 0.2) is 0 Å². The molecule has 1 unspecified atom stereocenters. The normalized spacial score (nSPS) is 18.8. The molecule has 196 valence electrons. The number of rotatable bonds is 9. The van der Waals surface area contributed by atoms with Crippen molar-refractivity contribution >= 4 is 35.2 Å². The summed E-state index contributed by atoms with van der Waals surface area (Å²) >= 11 is 3.28. The molecule has 0 aliphatic heterocycles. The van der Waals surface area contributed by atoms with E-state index in [2.05, 4.69) is 17.3 Å². The van der Waals surface area contributed by atoms with E-state index in [1.807, 2.05) is 79.1 Å². The summed E-state index contributed by atoms with van der Waals surface area (Å²) in [7, 11) is 1.64. The first-order valence-corrected chi connectivity index (χ1v) is 14.5. The molecule has 1 saturated carbocycles. The maximum Gasteiger partial charge on any atom is 0.331 e. The number of methoxy groups -OCH3 is 1. The summed E-state index contributed by atoms with van der Waals surface area (Å²) in [6.45, 7) is 0.198. The van der Waals surface area contributed by atoms with Crippen molar-refractivity contribution in [2.45, 2.75) is 31.1 Å². The van der Waals surface area contributed by atoms with E-state index in [9.17, 15) is 10.0 Å². The fourth-order valence-corrected chi connectivity index (χ4v) is 6.40. The molecule has 38 heavy (non-hydrogen) atoms. The molecule has 1 fully saturated rings. The zero-order valence-electron chi connectivity index (χ0n) is 21.5. The molecular formula is C31H31NO4S2. The lowest BCUT2D eigenvalue weighted by atomic mass is 9.77. The molecule has 0 spiro atoms. The average Bonchev–Trinajstić information content (AvgIpc) is 2.97. The van der Waals surface area contributed by atoms with Gasteiger partial charge in [-0.3, -0.25) is 0 Å². The molecule has 0 radical (unpaired) electrons. The van der Waals surface area contributed by atoms with Gasteiger partial charge >= 0.3 is 5.97 Å². The summed E-state index contributed by atoms with van der Waals surface area (Å²) in [4.78, 5) is 13.0. The second-order valence-corrected chi connectivity index (χ2v) is 10.9. The molecule has 1 N–H and O–H groups in total. The lowest BCUT2D eigenvalue weighted by Crippen LogP contribution is -2.21. The Balaban J connectivity index is 1.66. The molecule has 0 saturated heterocycles. The lowest BCUT2D eigenvalue weighted by molar-refractivity contribution is -0.139. The molecule has 1 aliphatic carbocycles. The van der Waals surface area contributed by atoms with Gasteiger partial charge in [0.2, 0.25) is 0 Å². The van der Waals surface area contributed by atoms with Gasteiger partial charge in [0.1, 0.15) is 12.4 Å². The zero-order valence-corrected chi connectivity index (χ0v) is 23.1. The molecule has 1 aliphatic rings. The standard InChI is InChI=1S/C31H31NO4S2/c1-35-27-15-13-24(14-16-27)25-17-26(19-29(33)36-20-22-9-5-3-6-10-22)30(28(18-25)32-34)31(37-2)38-21-23-11-7-4-8-12-23/h3-16,19,25,34H,17-18,20-21H2,1-2H3/b26-19+,31-30-,32-28+. The first-order valence-electron chi connectivity index (χ1n) is 12.3. The summed E-state index contributed by atoms with van der Waals surface area (Å²) in [5, 5.41) is 13.8. The predicted molar refractivity (Wildman–Crippen MR) is 157 cm³/mol. The molecular weight excluding hydrogens is 514 g/mol. The van der Waals surface area contributed by atoms with E-state index in [0.717, 1.165) is 38.0 Å². The van der Waals surface area contributed by atoms with Crippen LogP contribution in [0.5, 0.6) is 5.75 Å². The SMILES string of the molecule is COc1ccc(C2CC(=C\C(=O)OCc3ccccc3)/C(=C(\SC)SCc3ccccc3)C(=N/O)/C2)cc1. The van der Waals surface area contributed by atoms with Gasteiger partial charge in [-0.15, -0.1) is 23.5 Å². The first kappa shape index (κ1) is 27.6. The molecule has 5 nitrogen and oxygen atoms in total. The highest BCUT2D eigenvalue weighted by Crippen LogP contribution is 2.44. The minimum Gasteiger partial charge on any atom is -0.497 e. The molecule has 1 atom stereocenters. The minimum atomic E-state index is -0.414. The number of hydrogen-bond acceptors (Lipinski definition) is 7. The number of benzene rings is 3. The van der Waals surface area contributed by atoms with Crippen molar-refractivity contribution in [3.63, 3.8) is 0 Å². The minimum absolute atomic E-state index is 0.0472. The third kappa shape index (κ3) is 7.33. The van der Waals surface area contributed by atoms with Gasteiger partial charge in [-0.25, -0.2) is 4.79 Å². The molecule has 0 heterocycles. The van der Waals surface area contributed by atoms with Crippen LogP contribution in [0.15, 0.2) is 112 Å². The van der Waals surface area contributed by atoms with E-state index in [1.165, 1.54) is 5.56 Å². The zero-order chi connectivity index (χ0) is 26.7. The highest BCUT2D eigenvalue weighted by molar-refractivity contribution is 8.21. The smallest absolute Gasteiger partial charge is 0.331 e. The number of ether oxygens (including phenoxy) is 2. The van der Waals surface area contributed by atoms with Crippen LogP contribution >= 0.6 is 23.5 Å². The number of oxime groups is 1. The maximum atomic E-state index is 13.0. The Hall–Kier alpha value is -3.42. The predicted octanol–water partition coefficient (Wildman–Crippen LogP) is 7.58. The van der Waals surface area contributed by atoms with Crippen molar-refractivity contribution in [2.75, 3.05) is 13.4 Å². The van der Waals surface area contributed by atoms with Crippen LogP contribution in [0.3, 0.4) is 0 Å². The van der Waals surface area contributed by atoms with Crippen molar-refractivity contribution < 1.29 is 19.5 Å². The van der Waals surface area contributed by atoms with Crippen LogP contribution in [0.1, 0.15) is 35.4 Å². The molecule has 0 bridgehead atoms. The number of thioether (sulfide) groups is 2. The fourth-order valence-electron chi connectivity index (χ4n) is 4.41. The summed E-state index contributed by atoms with van der Waals surface area (Å²) in [5.74, 6) is 1.18. The fraction of sp³-hybridized carbons (Fsp3) is 0.226. The highest BCUT2D eigenvalue weighted by atomic mass is 32.2. The molecule has 0 amide bonds. The Labute approximate surface area is 232 Å². The van der Waals surface area contributed by atoms with Crippen LogP contribution < -0.4 is 4.74 Å². The summed E-state index contributed by atoms with van der Waals surface area (Å²) < 4.78 is 11.9. The van der Waals surface area contributed by atoms with Gasteiger partial charge in [-0.05, 0) is 53.0 Å². The molecule has 7 heteroatoms. The van der Waals surface area contributed by atoms with E-state index in [4.69, 9.17) is 9.47 Å². The van der Waals surface area contributed by atoms with Gasteiger partial charge in [-0.1, -0.05) is 78.0 Å². The Morgan fingerprint density at radius 1 is 0.974 bits per heavy atom. The number of allylic oxidation sites excluding steroid dienone is 2. The van der Waals surface area contributed by atoms with E-state index in [1.54, 1.807) is 36.7 Å². The lowest BCUT2D eigenvalue weighted by Gasteiger charge is -2.29. The second kappa shape index (κ2) is 13.9. The van der Waals surface area contributed by atoms with Gasteiger partial charge < -0.3 is 14.7 Å². The summed E-state index contributed by atoms with van der Waals surface area (Å²) in [6.07, 6.45) is 4.76. The maximum absolute atomic E-state index is 13.0. The Morgan fingerprint density at radius 3 is 2.24 bits per heavy atom. The Kier molecular flexibility index (Phi) is 10.1. The third-order valence-electron chi connectivity index (χ3n) is 6.34. The highest BCUT2D eigenvalue weighted by Gasteiger charge is 2.31. The van der Waals surface area contributed by atoms with E-state index < -0.39 is 5.97 Å². The monoisotopic (exact) mass is 545 g/mol. The van der Waals surface area contributed by atoms with Crippen LogP contribution in [-0.4, -0.2) is 30.3 Å². The number of nitrogens with zero attached hydrogens (tertiary/aromatic N) is 1.